The monoisotopic (exact) mass is 648 g/mol. The van der Waals surface area contributed by atoms with E-state index >= 15 is 8.78 Å². The second-order valence-electron chi connectivity index (χ2n) is 13.6. The van der Waals surface area contributed by atoms with Crippen LogP contribution in [-0.2, 0) is 4.79 Å². The van der Waals surface area contributed by atoms with Gasteiger partial charge in [-0.05, 0) is 91.1 Å². The molecule has 6 N–H and O–H groups in total. The van der Waals surface area contributed by atoms with Crippen molar-refractivity contribution in [1.82, 2.24) is 4.90 Å². The van der Waals surface area contributed by atoms with Crippen LogP contribution in [0, 0.1) is 17.0 Å². The summed E-state index contributed by atoms with van der Waals surface area (Å²) in [4.78, 5) is 27.7. The predicted molar refractivity (Wildman–Crippen MR) is 181 cm³/mol. The van der Waals surface area contributed by atoms with E-state index in [1.165, 1.54) is 12.1 Å². The van der Waals surface area contributed by atoms with Gasteiger partial charge < -0.3 is 31.4 Å². The second kappa shape index (κ2) is 12.5. The maximum atomic E-state index is 15.9. The lowest BCUT2D eigenvalue weighted by Crippen LogP contribution is -2.42. The van der Waals surface area contributed by atoms with Crippen molar-refractivity contribution in [3.63, 3.8) is 0 Å². The highest BCUT2D eigenvalue weighted by Gasteiger charge is 2.38. The van der Waals surface area contributed by atoms with E-state index in [0.29, 0.717) is 55.1 Å². The molecule has 244 valence electrons. The molecular weight excluding hydrogens is 606 g/mol. The Bertz CT molecular complexity index is 1600. The first-order chi connectivity index (χ1) is 21.9. The van der Waals surface area contributed by atoms with Gasteiger partial charge in [-0.1, -0.05) is 32.0 Å². The largest absolute Gasteiger partial charge is 0.465 e. The smallest absolute Gasteiger partial charge is 0.407 e. The molecule has 3 aliphatic rings. The molecule has 3 atom stereocenters. The first-order valence-electron chi connectivity index (χ1n) is 16.0. The summed E-state index contributed by atoms with van der Waals surface area (Å²) in [5.41, 5.74) is 16.3. The van der Waals surface area contributed by atoms with Gasteiger partial charge in [-0.25, -0.2) is 13.6 Å². The molecule has 9 nitrogen and oxygen atoms in total. The van der Waals surface area contributed by atoms with Gasteiger partial charge in [0, 0.05) is 24.5 Å². The maximum Gasteiger partial charge on any atom is 0.407 e. The molecule has 3 aliphatic heterocycles. The molecular formula is C34H42F2N6O3Si. The summed E-state index contributed by atoms with van der Waals surface area (Å²) >= 11 is 0. The zero-order chi connectivity index (χ0) is 32.7. The minimum absolute atomic E-state index is 0.0822. The third kappa shape index (κ3) is 6.22. The Labute approximate surface area is 270 Å². The van der Waals surface area contributed by atoms with Crippen LogP contribution in [0.3, 0.4) is 0 Å². The van der Waals surface area contributed by atoms with Crippen LogP contribution >= 0.6 is 0 Å². The number of hydrogen-bond acceptors (Lipinski definition) is 6. The molecule has 3 fully saturated rings. The number of carboxylic acid groups (broad SMARTS) is 1. The molecule has 2 amide bonds. The Morgan fingerprint density at radius 2 is 1.59 bits per heavy atom. The van der Waals surface area contributed by atoms with E-state index in [9.17, 15) is 14.7 Å². The van der Waals surface area contributed by atoms with Gasteiger partial charge >= 0.3 is 6.09 Å². The van der Waals surface area contributed by atoms with E-state index in [1.54, 1.807) is 12.1 Å². The summed E-state index contributed by atoms with van der Waals surface area (Å²) in [6.07, 6.45) is 2.27. The van der Waals surface area contributed by atoms with Gasteiger partial charge in [0.2, 0.25) is 5.91 Å². The number of amides is 2. The van der Waals surface area contributed by atoms with Crippen molar-refractivity contribution in [2.24, 2.45) is 5.41 Å². The number of nitrogen functional groups attached to an aromatic ring is 2. The van der Waals surface area contributed by atoms with Crippen LogP contribution in [0.25, 0.3) is 0 Å². The Hall–Kier alpha value is -4.32. The van der Waals surface area contributed by atoms with Crippen LogP contribution in [0.4, 0.5) is 42.0 Å². The highest BCUT2D eigenvalue weighted by molar-refractivity contribution is 6.42. The molecule has 46 heavy (non-hydrogen) atoms. The number of anilines is 5. The number of halogens is 2. The standard InChI is InChI=1S/C34H42F2N6O3Si/c1-34(2)13-15-41(46-19-34)31-24(35)17-23(18-25(31)36)42-28(20-5-8-22(37)9-6-20)11-12-29(42)21-7-10-27(26(38)16-21)39-32(43)30-4-3-14-40(30)33(44)45/h5-10,16-18,28-30H,3-4,11-15,19,37-38,46H2,1-2H3,(H,39,43)(H,44,45)/t28-,29-,30-/m0/s1. The molecule has 0 radical (unpaired) electrons. The van der Waals surface area contributed by atoms with E-state index in [-0.39, 0.29) is 23.2 Å². The molecule has 3 aromatic carbocycles. The number of likely N-dealkylation sites (tertiary alicyclic amines) is 1. The van der Waals surface area contributed by atoms with Crippen molar-refractivity contribution in [1.29, 1.82) is 0 Å². The molecule has 3 saturated heterocycles. The van der Waals surface area contributed by atoms with Crippen molar-refractivity contribution >= 4 is 50.1 Å². The highest BCUT2D eigenvalue weighted by atomic mass is 28.2. The Morgan fingerprint density at radius 3 is 2.20 bits per heavy atom. The van der Waals surface area contributed by atoms with Gasteiger partial charge in [0.05, 0.1) is 23.5 Å². The first kappa shape index (κ1) is 31.7. The van der Waals surface area contributed by atoms with E-state index in [0.717, 1.165) is 34.9 Å². The first-order valence-corrected chi connectivity index (χ1v) is 17.6. The van der Waals surface area contributed by atoms with Gasteiger partial charge in [-0.3, -0.25) is 9.69 Å². The summed E-state index contributed by atoms with van der Waals surface area (Å²) in [5, 5.41) is 12.2. The van der Waals surface area contributed by atoms with Gasteiger partial charge in [-0.15, -0.1) is 0 Å². The predicted octanol–water partition coefficient (Wildman–Crippen LogP) is 6.03. The van der Waals surface area contributed by atoms with E-state index in [1.807, 2.05) is 34.9 Å². The summed E-state index contributed by atoms with van der Waals surface area (Å²) in [5.74, 6) is -1.52. The lowest BCUT2D eigenvalue weighted by molar-refractivity contribution is -0.119. The molecule has 0 aromatic heterocycles. The van der Waals surface area contributed by atoms with Gasteiger partial charge in [0.25, 0.3) is 0 Å². The molecule has 12 heteroatoms. The summed E-state index contributed by atoms with van der Waals surface area (Å²) < 4.78 is 33.7. The fraction of sp³-hybridized carbons (Fsp3) is 0.412. The van der Waals surface area contributed by atoms with Crippen molar-refractivity contribution in [2.45, 2.75) is 70.1 Å². The molecule has 3 heterocycles. The number of nitrogens with two attached hydrogens (primary N) is 2. The Balaban J connectivity index is 1.30. The topological polar surface area (TPSA) is 128 Å². The summed E-state index contributed by atoms with van der Waals surface area (Å²) in [7, 11) is -0.838. The number of rotatable bonds is 6. The Morgan fingerprint density at radius 1 is 0.935 bits per heavy atom. The number of carbonyl (C=O) groups is 2. The average molecular weight is 649 g/mol. The minimum Gasteiger partial charge on any atom is -0.465 e. The maximum absolute atomic E-state index is 15.9. The zero-order valence-electron chi connectivity index (χ0n) is 26.3. The van der Waals surface area contributed by atoms with Crippen molar-refractivity contribution < 1.29 is 23.5 Å². The van der Waals surface area contributed by atoms with Crippen LogP contribution in [0.15, 0.2) is 54.6 Å². The lowest BCUT2D eigenvalue weighted by Gasteiger charge is -2.39. The number of carbonyl (C=O) groups excluding carboxylic acids is 1. The third-order valence-corrected chi connectivity index (χ3v) is 12.7. The van der Waals surface area contributed by atoms with Crippen molar-refractivity contribution in [2.75, 3.05) is 39.3 Å². The normalized spacial score (nSPS) is 23.2. The SMILES string of the molecule is CC1(C)CCN(c2c(F)cc(N3[C@H](c4ccc(N)cc4)CC[C@H]3c3ccc(NC(=O)[C@@H]4CCCN4C(=O)O)c(N)c3)cc2F)[SiH2]C1. The van der Waals surface area contributed by atoms with Crippen LogP contribution in [0.2, 0.25) is 6.04 Å². The fourth-order valence-corrected chi connectivity index (χ4v) is 9.30. The van der Waals surface area contributed by atoms with Gasteiger partial charge in [0.15, 0.2) is 11.6 Å². The van der Waals surface area contributed by atoms with Crippen molar-refractivity contribution in [3.8, 4) is 0 Å². The molecule has 0 unspecified atom stereocenters. The fourth-order valence-electron chi connectivity index (χ4n) is 7.27. The molecule has 0 aliphatic carbocycles. The van der Waals surface area contributed by atoms with Crippen LogP contribution in [0.1, 0.15) is 69.2 Å². The lowest BCUT2D eigenvalue weighted by atomic mass is 9.91. The number of hydrogen-bond donors (Lipinski definition) is 4. The summed E-state index contributed by atoms with van der Waals surface area (Å²) in [6, 6.07) is 15.7. The van der Waals surface area contributed by atoms with E-state index in [4.69, 9.17) is 11.5 Å². The van der Waals surface area contributed by atoms with Gasteiger partial charge in [0.1, 0.15) is 21.4 Å². The zero-order valence-corrected chi connectivity index (χ0v) is 27.7. The van der Waals surface area contributed by atoms with Crippen LogP contribution in [-0.4, -0.2) is 50.8 Å². The van der Waals surface area contributed by atoms with Crippen molar-refractivity contribution in [3.05, 3.63) is 77.4 Å². The molecule has 3 aromatic rings. The van der Waals surface area contributed by atoms with E-state index < -0.39 is 39.4 Å². The van der Waals surface area contributed by atoms with Crippen LogP contribution in [0.5, 0.6) is 0 Å². The Kier molecular flexibility index (Phi) is 8.58. The van der Waals surface area contributed by atoms with Gasteiger partial charge in [-0.2, -0.15) is 0 Å². The quantitative estimate of drug-likeness (QED) is 0.190. The highest BCUT2D eigenvalue weighted by Crippen LogP contribution is 2.49. The van der Waals surface area contributed by atoms with E-state index in [2.05, 4.69) is 24.1 Å². The molecule has 0 bridgehead atoms. The second-order valence-corrected chi connectivity index (χ2v) is 15.3. The summed E-state index contributed by atoms with van der Waals surface area (Å²) in [6.45, 7) is 5.40. The molecule has 0 saturated carbocycles. The molecule has 0 spiro atoms. The average Bonchev–Trinajstić information content (AvgIpc) is 3.68. The van der Waals surface area contributed by atoms with Crippen LogP contribution < -0.4 is 26.2 Å². The number of nitrogens with zero attached hydrogens (tertiary/aromatic N) is 3. The molecule has 6 rings (SSSR count). The third-order valence-electron chi connectivity index (χ3n) is 9.96. The minimum atomic E-state index is -1.12. The number of benzene rings is 3. The number of nitrogens with one attached hydrogen (secondary N) is 1.